The van der Waals surface area contributed by atoms with Gasteiger partial charge in [-0.3, -0.25) is 9.36 Å². The van der Waals surface area contributed by atoms with Crippen LogP contribution >= 0.6 is 11.8 Å². The summed E-state index contributed by atoms with van der Waals surface area (Å²) >= 11 is 1.50. The lowest BCUT2D eigenvalue weighted by molar-refractivity contribution is -0.137. The van der Waals surface area contributed by atoms with Crippen LogP contribution in [0.1, 0.15) is 32.9 Å². The average Bonchev–Trinajstić information content (AvgIpc) is 3.25. The Morgan fingerprint density at radius 1 is 1.00 bits per heavy atom. The fourth-order valence-corrected chi connectivity index (χ4v) is 4.52. The molecule has 0 fully saturated rings. The minimum Gasteiger partial charge on any atom is -0.495 e. The maximum atomic E-state index is 12.9. The molecule has 1 heterocycles. The topological polar surface area (TPSA) is 69.0 Å². The molecule has 1 aromatic heterocycles. The zero-order chi connectivity index (χ0) is 25.7. The number of aryl methyl sites for hydroxylation is 1. The van der Waals surface area contributed by atoms with E-state index in [9.17, 15) is 18.0 Å². The quantitative estimate of drug-likeness (QED) is 0.301. The van der Waals surface area contributed by atoms with Crippen LogP contribution in [0.25, 0.3) is 5.69 Å². The van der Waals surface area contributed by atoms with Crippen LogP contribution in [0, 0.1) is 6.92 Å². The molecule has 3 aromatic carbocycles. The summed E-state index contributed by atoms with van der Waals surface area (Å²) in [4.78, 5) is 12.5. The molecule has 6 nitrogen and oxygen atoms in total. The zero-order valence-electron chi connectivity index (χ0n) is 19.5. The van der Waals surface area contributed by atoms with Gasteiger partial charge in [-0.15, -0.1) is 10.2 Å². The lowest BCUT2D eigenvalue weighted by Crippen LogP contribution is -2.23. The molecule has 1 N–H and O–H groups in total. The Bertz CT molecular complexity index is 1350. The van der Waals surface area contributed by atoms with Gasteiger partial charge < -0.3 is 10.1 Å². The standard InChI is InChI=1S/C26H23F3N4O2S/c1-17-31-32-25(33(17)22-8-3-4-9-23(22)35-2)36-16-18-10-12-20(13-11-18)24(34)30-15-19-6-5-7-21(14-19)26(27,28)29/h3-14H,15-16H2,1-2H3,(H,30,34). The van der Waals surface area contributed by atoms with Gasteiger partial charge in [0.05, 0.1) is 18.4 Å². The van der Waals surface area contributed by atoms with Gasteiger partial charge >= 0.3 is 6.18 Å². The molecule has 0 spiro atoms. The number of hydrogen-bond donors (Lipinski definition) is 1. The number of para-hydroxylation sites is 2. The molecule has 0 saturated carbocycles. The molecule has 10 heteroatoms. The Balaban J connectivity index is 1.38. The summed E-state index contributed by atoms with van der Waals surface area (Å²) < 4.78 is 46.0. The fraction of sp³-hybridized carbons (Fsp3) is 0.192. The smallest absolute Gasteiger partial charge is 0.416 e. The maximum absolute atomic E-state index is 12.9. The molecule has 0 aliphatic rings. The summed E-state index contributed by atoms with van der Waals surface area (Å²) in [5.74, 6) is 1.68. The zero-order valence-corrected chi connectivity index (χ0v) is 20.4. The predicted molar refractivity (Wildman–Crippen MR) is 131 cm³/mol. The molecular formula is C26H23F3N4O2S. The number of thioether (sulfide) groups is 1. The van der Waals surface area contributed by atoms with E-state index in [0.717, 1.165) is 29.2 Å². The van der Waals surface area contributed by atoms with Crippen LogP contribution in [0.15, 0.2) is 78.0 Å². The van der Waals surface area contributed by atoms with E-state index in [-0.39, 0.29) is 12.5 Å². The summed E-state index contributed by atoms with van der Waals surface area (Å²) in [6.45, 7) is 1.87. The number of nitrogens with one attached hydrogen (secondary N) is 1. The van der Waals surface area contributed by atoms with Crippen molar-refractivity contribution < 1.29 is 22.7 Å². The Hall–Kier alpha value is -3.79. The van der Waals surface area contributed by atoms with Gasteiger partial charge in [-0.05, 0) is 54.4 Å². The number of ether oxygens (including phenoxy) is 1. The molecule has 186 valence electrons. The number of rotatable bonds is 8. The Morgan fingerprint density at radius 2 is 1.75 bits per heavy atom. The number of alkyl halides is 3. The van der Waals surface area contributed by atoms with Crippen molar-refractivity contribution in [1.82, 2.24) is 20.1 Å². The van der Waals surface area contributed by atoms with Crippen LogP contribution in [0.5, 0.6) is 5.75 Å². The van der Waals surface area contributed by atoms with Gasteiger partial charge in [-0.2, -0.15) is 13.2 Å². The van der Waals surface area contributed by atoms with Gasteiger partial charge in [0.2, 0.25) is 0 Å². The van der Waals surface area contributed by atoms with Gasteiger partial charge in [0.25, 0.3) is 5.91 Å². The third-order valence-corrected chi connectivity index (χ3v) is 6.41. The first-order valence-corrected chi connectivity index (χ1v) is 12.0. The number of hydrogen-bond acceptors (Lipinski definition) is 5. The fourth-order valence-electron chi connectivity index (χ4n) is 3.57. The van der Waals surface area contributed by atoms with Gasteiger partial charge in [0.15, 0.2) is 5.16 Å². The van der Waals surface area contributed by atoms with Crippen molar-refractivity contribution in [1.29, 1.82) is 0 Å². The number of nitrogens with zero attached hydrogens (tertiary/aromatic N) is 3. The molecule has 0 aliphatic carbocycles. The summed E-state index contributed by atoms with van der Waals surface area (Å²) in [6, 6.07) is 19.6. The second-order valence-electron chi connectivity index (χ2n) is 7.90. The highest BCUT2D eigenvalue weighted by Crippen LogP contribution is 2.31. The second kappa shape index (κ2) is 10.9. The van der Waals surface area contributed by atoms with Crippen LogP contribution in [0.3, 0.4) is 0 Å². The van der Waals surface area contributed by atoms with Crippen molar-refractivity contribution in [2.45, 2.75) is 30.6 Å². The number of aromatic nitrogens is 3. The van der Waals surface area contributed by atoms with Crippen molar-refractivity contribution in [2.24, 2.45) is 0 Å². The maximum Gasteiger partial charge on any atom is 0.416 e. The summed E-state index contributed by atoms with van der Waals surface area (Å²) in [7, 11) is 1.61. The van der Waals surface area contributed by atoms with Crippen LogP contribution in [0.2, 0.25) is 0 Å². The first-order valence-electron chi connectivity index (χ1n) is 11.0. The van der Waals surface area contributed by atoms with Gasteiger partial charge in [-0.25, -0.2) is 0 Å². The molecular weight excluding hydrogens is 489 g/mol. The van der Waals surface area contributed by atoms with Crippen LogP contribution < -0.4 is 10.1 Å². The SMILES string of the molecule is COc1ccccc1-n1c(C)nnc1SCc1ccc(C(=O)NCc2cccc(C(F)(F)F)c2)cc1. The molecule has 4 rings (SSSR count). The Kier molecular flexibility index (Phi) is 7.64. The minimum absolute atomic E-state index is 0.00167. The van der Waals surface area contributed by atoms with E-state index < -0.39 is 11.7 Å². The molecule has 0 atom stereocenters. The Labute approximate surface area is 210 Å². The van der Waals surface area contributed by atoms with E-state index in [2.05, 4.69) is 15.5 Å². The summed E-state index contributed by atoms with van der Waals surface area (Å²) in [5.41, 5.74) is 1.87. The number of methoxy groups -OCH3 is 1. The highest BCUT2D eigenvalue weighted by molar-refractivity contribution is 7.98. The van der Waals surface area contributed by atoms with E-state index in [4.69, 9.17) is 4.74 Å². The normalized spacial score (nSPS) is 11.4. The third kappa shape index (κ3) is 5.88. The van der Waals surface area contributed by atoms with Crippen LogP contribution in [-0.2, 0) is 18.5 Å². The number of carbonyl (C=O) groups excluding carboxylic acids is 1. The monoisotopic (exact) mass is 512 g/mol. The molecule has 0 unspecified atom stereocenters. The largest absolute Gasteiger partial charge is 0.495 e. The lowest BCUT2D eigenvalue weighted by atomic mass is 10.1. The average molecular weight is 513 g/mol. The van der Waals surface area contributed by atoms with Crippen molar-refractivity contribution in [3.05, 3.63) is 101 Å². The molecule has 1 amide bonds. The van der Waals surface area contributed by atoms with Crippen molar-refractivity contribution >= 4 is 17.7 Å². The van der Waals surface area contributed by atoms with Gasteiger partial charge in [0.1, 0.15) is 11.6 Å². The van der Waals surface area contributed by atoms with Crippen molar-refractivity contribution in [3.63, 3.8) is 0 Å². The number of carbonyl (C=O) groups is 1. The van der Waals surface area contributed by atoms with Gasteiger partial charge in [-0.1, -0.05) is 48.2 Å². The van der Waals surface area contributed by atoms with Crippen molar-refractivity contribution in [2.75, 3.05) is 7.11 Å². The number of halogens is 3. The van der Waals surface area contributed by atoms with Crippen LogP contribution in [0.4, 0.5) is 13.2 Å². The molecule has 0 aliphatic heterocycles. The van der Waals surface area contributed by atoms with E-state index in [1.54, 1.807) is 25.3 Å². The van der Waals surface area contributed by atoms with E-state index >= 15 is 0 Å². The highest BCUT2D eigenvalue weighted by atomic mass is 32.2. The van der Waals surface area contributed by atoms with Crippen LogP contribution in [-0.4, -0.2) is 27.8 Å². The Morgan fingerprint density at radius 3 is 2.47 bits per heavy atom. The minimum atomic E-state index is -4.42. The second-order valence-corrected chi connectivity index (χ2v) is 8.85. The summed E-state index contributed by atoms with van der Waals surface area (Å²) in [5, 5.41) is 11.9. The number of benzene rings is 3. The van der Waals surface area contributed by atoms with Gasteiger partial charge in [0, 0.05) is 17.9 Å². The summed E-state index contributed by atoms with van der Waals surface area (Å²) in [6.07, 6.45) is -4.42. The molecule has 0 saturated heterocycles. The molecule has 4 aromatic rings. The molecule has 0 bridgehead atoms. The first kappa shape index (κ1) is 25.3. The third-order valence-electron chi connectivity index (χ3n) is 5.41. The molecule has 0 radical (unpaired) electrons. The first-order chi connectivity index (χ1) is 17.3. The molecule has 36 heavy (non-hydrogen) atoms. The van der Waals surface area contributed by atoms with E-state index in [1.165, 1.54) is 17.8 Å². The van der Waals surface area contributed by atoms with E-state index in [0.29, 0.717) is 27.8 Å². The highest BCUT2D eigenvalue weighted by Gasteiger charge is 2.30. The number of amides is 1. The van der Waals surface area contributed by atoms with E-state index in [1.807, 2.05) is 47.9 Å². The van der Waals surface area contributed by atoms with Crippen molar-refractivity contribution in [3.8, 4) is 11.4 Å². The predicted octanol–water partition coefficient (Wildman–Crippen LogP) is 5.83. The lowest BCUT2D eigenvalue weighted by Gasteiger charge is -2.12.